The maximum absolute atomic E-state index is 10.7. The van der Waals surface area contributed by atoms with Crippen molar-refractivity contribution in [2.75, 3.05) is 6.61 Å². The third kappa shape index (κ3) is 3.43. The third-order valence-electron chi connectivity index (χ3n) is 3.53. The standard InChI is InChI=1S/C18H17N3O3/c1-11-3-8-15(12(2)9-11)18-20-17(21-24-18)13-4-6-14(7-5-13)23-10-16(19)22/h3-9H,10H2,1-2H3,(H2,19,22). The number of aromatic nitrogens is 2. The lowest BCUT2D eigenvalue weighted by Crippen LogP contribution is -2.19. The number of hydrogen-bond donors (Lipinski definition) is 1. The van der Waals surface area contributed by atoms with Gasteiger partial charge in [0.15, 0.2) is 6.61 Å². The number of hydrogen-bond acceptors (Lipinski definition) is 5. The van der Waals surface area contributed by atoms with E-state index in [4.69, 9.17) is 15.0 Å². The average Bonchev–Trinajstić information content (AvgIpc) is 3.03. The summed E-state index contributed by atoms with van der Waals surface area (Å²) < 4.78 is 10.6. The van der Waals surface area contributed by atoms with Crippen molar-refractivity contribution in [2.45, 2.75) is 13.8 Å². The summed E-state index contributed by atoms with van der Waals surface area (Å²) in [6.07, 6.45) is 0. The second kappa shape index (κ2) is 6.54. The molecule has 0 saturated carbocycles. The van der Waals surface area contributed by atoms with Crippen LogP contribution in [0.5, 0.6) is 5.75 Å². The smallest absolute Gasteiger partial charge is 0.258 e. The summed E-state index contributed by atoms with van der Waals surface area (Å²) in [5, 5.41) is 4.03. The largest absolute Gasteiger partial charge is 0.484 e. The molecule has 6 nitrogen and oxygen atoms in total. The Morgan fingerprint density at radius 3 is 2.58 bits per heavy atom. The Hall–Kier alpha value is -3.15. The van der Waals surface area contributed by atoms with Gasteiger partial charge in [-0.3, -0.25) is 4.79 Å². The van der Waals surface area contributed by atoms with Crippen LogP contribution in [0, 0.1) is 13.8 Å². The van der Waals surface area contributed by atoms with Crippen LogP contribution in [0.1, 0.15) is 11.1 Å². The maximum atomic E-state index is 10.7. The Kier molecular flexibility index (Phi) is 4.29. The normalized spacial score (nSPS) is 10.6. The molecular weight excluding hydrogens is 306 g/mol. The topological polar surface area (TPSA) is 91.2 Å². The minimum absolute atomic E-state index is 0.154. The van der Waals surface area contributed by atoms with Crippen molar-refractivity contribution in [1.29, 1.82) is 0 Å². The van der Waals surface area contributed by atoms with Crippen molar-refractivity contribution < 1.29 is 14.1 Å². The number of carbonyl (C=O) groups is 1. The van der Waals surface area contributed by atoms with Gasteiger partial charge in [0.25, 0.3) is 11.8 Å². The molecule has 0 aliphatic heterocycles. The number of aryl methyl sites for hydroxylation is 2. The molecule has 3 aromatic rings. The van der Waals surface area contributed by atoms with Gasteiger partial charge in [0.05, 0.1) is 0 Å². The van der Waals surface area contributed by atoms with Crippen LogP contribution in [0.4, 0.5) is 0 Å². The van der Waals surface area contributed by atoms with Crippen molar-refractivity contribution in [3.05, 3.63) is 53.6 Å². The summed E-state index contributed by atoms with van der Waals surface area (Å²) in [5.41, 5.74) is 9.02. The SMILES string of the molecule is Cc1ccc(-c2nc(-c3ccc(OCC(N)=O)cc3)no2)c(C)c1. The summed E-state index contributed by atoms with van der Waals surface area (Å²) in [5.74, 6) is 1.01. The van der Waals surface area contributed by atoms with Crippen molar-refractivity contribution >= 4 is 5.91 Å². The highest BCUT2D eigenvalue weighted by Gasteiger charge is 2.12. The highest BCUT2D eigenvalue weighted by Crippen LogP contribution is 2.26. The molecule has 6 heteroatoms. The minimum atomic E-state index is -0.518. The highest BCUT2D eigenvalue weighted by atomic mass is 16.5. The summed E-state index contributed by atoms with van der Waals surface area (Å²) in [4.78, 5) is 15.2. The molecule has 0 saturated heterocycles. The molecule has 3 rings (SSSR count). The van der Waals surface area contributed by atoms with E-state index >= 15 is 0 Å². The third-order valence-corrected chi connectivity index (χ3v) is 3.53. The van der Waals surface area contributed by atoms with E-state index in [9.17, 15) is 4.79 Å². The van der Waals surface area contributed by atoms with Gasteiger partial charge in [-0.1, -0.05) is 22.9 Å². The highest BCUT2D eigenvalue weighted by molar-refractivity contribution is 5.75. The van der Waals surface area contributed by atoms with Crippen LogP contribution in [-0.4, -0.2) is 22.7 Å². The molecule has 24 heavy (non-hydrogen) atoms. The van der Waals surface area contributed by atoms with E-state index in [-0.39, 0.29) is 6.61 Å². The molecule has 1 aromatic heterocycles. The Bertz CT molecular complexity index is 869. The minimum Gasteiger partial charge on any atom is -0.484 e. The molecule has 1 heterocycles. The number of carbonyl (C=O) groups excluding carboxylic acids is 1. The van der Waals surface area contributed by atoms with Gasteiger partial charge >= 0.3 is 0 Å². The fraction of sp³-hybridized carbons (Fsp3) is 0.167. The van der Waals surface area contributed by atoms with E-state index in [1.54, 1.807) is 24.3 Å². The zero-order valence-electron chi connectivity index (χ0n) is 13.4. The number of nitrogens with zero attached hydrogens (tertiary/aromatic N) is 2. The van der Waals surface area contributed by atoms with Gasteiger partial charge < -0.3 is 15.0 Å². The number of rotatable bonds is 5. The molecule has 0 atom stereocenters. The van der Waals surface area contributed by atoms with Crippen molar-refractivity contribution in [3.63, 3.8) is 0 Å². The fourth-order valence-corrected chi connectivity index (χ4v) is 2.36. The predicted octanol–water partition coefficient (Wildman–Crippen LogP) is 2.88. The maximum Gasteiger partial charge on any atom is 0.258 e. The van der Waals surface area contributed by atoms with Crippen molar-refractivity contribution in [2.24, 2.45) is 5.73 Å². The van der Waals surface area contributed by atoms with Gasteiger partial charge in [0.1, 0.15) is 5.75 Å². The van der Waals surface area contributed by atoms with Gasteiger partial charge in [0.2, 0.25) is 5.82 Å². The summed E-state index contributed by atoms with van der Waals surface area (Å²) >= 11 is 0. The van der Waals surface area contributed by atoms with Gasteiger partial charge in [-0.05, 0) is 49.7 Å². The number of primary amides is 1. The lowest BCUT2D eigenvalue weighted by atomic mass is 10.1. The second-order valence-corrected chi connectivity index (χ2v) is 5.52. The lowest BCUT2D eigenvalue weighted by molar-refractivity contribution is -0.119. The summed E-state index contributed by atoms with van der Waals surface area (Å²) in [6.45, 7) is 3.90. The Labute approximate surface area is 139 Å². The summed E-state index contributed by atoms with van der Waals surface area (Å²) in [6, 6.07) is 13.1. The Morgan fingerprint density at radius 2 is 1.92 bits per heavy atom. The lowest BCUT2D eigenvalue weighted by Gasteiger charge is -2.03. The first-order chi connectivity index (χ1) is 11.5. The van der Waals surface area contributed by atoms with Gasteiger partial charge in [-0.25, -0.2) is 0 Å². The van der Waals surface area contributed by atoms with Gasteiger partial charge in [0, 0.05) is 11.1 Å². The molecule has 0 spiro atoms. The molecule has 0 fully saturated rings. The molecule has 0 unspecified atom stereocenters. The average molecular weight is 323 g/mol. The van der Waals surface area contributed by atoms with E-state index in [0.717, 1.165) is 16.7 Å². The van der Waals surface area contributed by atoms with Crippen molar-refractivity contribution in [3.8, 4) is 28.6 Å². The fourth-order valence-electron chi connectivity index (χ4n) is 2.36. The van der Waals surface area contributed by atoms with E-state index in [0.29, 0.717) is 17.5 Å². The van der Waals surface area contributed by atoms with E-state index in [2.05, 4.69) is 16.2 Å². The number of ether oxygens (including phenoxy) is 1. The molecule has 0 aliphatic rings. The molecule has 2 aromatic carbocycles. The van der Waals surface area contributed by atoms with Crippen LogP contribution in [0.25, 0.3) is 22.8 Å². The van der Waals surface area contributed by atoms with Gasteiger partial charge in [-0.2, -0.15) is 4.98 Å². The van der Waals surface area contributed by atoms with E-state index < -0.39 is 5.91 Å². The van der Waals surface area contributed by atoms with Crippen LogP contribution in [0.2, 0.25) is 0 Å². The first-order valence-electron chi connectivity index (χ1n) is 7.46. The van der Waals surface area contributed by atoms with Crippen LogP contribution >= 0.6 is 0 Å². The Balaban J connectivity index is 1.81. The molecule has 2 N–H and O–H groups in total. The van der Waals surface area contributed by atoms with Gasteiger partial charge in [-0.15, -0.1) is 0 Å². The van der Waals surface area contributed by atoms with Crippen LogP contribution in [0.15, 0.2) is 47.0 Å². The van der Waals surface area contributed by atoms with Crippen LogP contribution in [0.3, 0.4) is 0 Å². The van der Waals surface area contributed by atoms with Crippen LogP contribution < -0.4 is 10.5 Å². The first-order valence-corrected chi connectivity index (χ1v) is 7.46. The quantitative estimate of drug-likeness (QED) is 0.779. The molecule has 122 valence electrons. The number of amides is 1. The van der Waals surface area contributed by atoms with E-state index in [1.165, 1.54) is 5.56 Å². The molecule has 0 radical (unpaired) electrons. The second-order valence-electron chi connectivity index (χ2n) is 5.52. The predicted molar refractivity (Wildman–Crippen MR) is 89.3 cm³/mol. The zero-order valence-corrected chi connectivity index (χ0v) is 13.4. The molecule has 0 aliphatic carbocycles. The molecule has 1 amide bonds. The molecular formula is C18H17N3O3. The molecule has 0 bridgehead atoms. The van der Waals surface area contributed by atoms with Crippen LogP contribution in [-0.2, 0) is 4.79 Å². The van der Waals surface area contributed by atoms with E-state index in [1.807, 2.05) is 26.0 Å². The first kappa shape index (κ1) is 15.7. The number of nitrogens with two attached hydrogens (primary N) is 1. The van der Waals surface area contributed by atoms with Crippen molar-refractivity contribution in [1.82, 2.24) is 10.1 Å². The number of benzene rings is 2. The Morgan fingerprint density at radius 1 is 1.17 bits per heavy atom. The summed E-state index contributed by atoms with van der Waals surface area (Å²) in [7, 11) is 0. The zero-order chi connectivity index (χ0) is 17.1. The monoisotopic (exact) mass is 323 g/mol.